The number of rotatable bonds is 1. The second-order valence-electron chi connectivity index (χ2n) is 1.73. The molecule has 8 heavy (non-hydrogen) atoms. The van der Waals surface area contributed by atoms with Gasteiger partial charge in [-0.3, -0.25) is 5.01 Å². The molecule has 0 aliphatic carbocycles. The maximum atomic E-state index is 4.99. The van der Waals surface area contributed by atoms with Crippen molar-refractivity contribution in [2.75, 3.05) is 14.2 Å². The predicted molar refractivity (Wildman–Crippen MR) is 30.6 cm³/mol. The highest BCUT2D eigenvalue weighted by Gasteiger charge is 2.14. The fourth-order valence-electron chi connectivity index (χ4n) is 0.663. The van der Waals surface area contributed by atoms with Crippen LogP contribution in [-0.2, 0) is 4.74 Å². The van der Waals surface area contributed by atoms with E-state index in [0.29, 0.717) is 0 Å². The van der Waals surface area contributed by atoms with Gasteiger partial charge in [-0.25, -0.2) is 0 Å². The Morgan fingerprint density at radius 3 is 2.88 bits per heavy atom. The van der Waals surface area contributed by atoms with Gasteiger partial charge in [0.1, 0.15) is 0 Å². The van der Waals surface area contributed by atoms with Crippen LogP contribution >= 0.6 is 0 Å². The van der Waals surface area contributed by atoms with Crippen molar-refractivity contribution in [3.8, 4) is 0 Å². The minimum Gasteiger partial charge on any atom is -0.360 e. The molecule has 1 radical (unpaired) electrons. The van der Waals surface area contributed by atoms with E-state index in [9.17, 15) is 0 Å². The molecule has 1 atom stereocenters. The average molecular weight is 113 g/mol. The van der Waals surface area contributed by atoms with E-state index in [1.54, 1.807) is 12.1 Å². The third kappa shape index (κ3) is 0.816. The summed E-state index contributed by atoms with van der Waals surface area (Å²) in [7, 11) is 3.54. The third-order valence-electron chi connectivity index (χ3n) is 1.18. The Morgan fingerprint density at radius 1 is 1.88 bits per heavy atom. The molecule has 3 nitrogen and oxygen atoms in total. The summed E-state index contributed by atoms with van der Waals surface area (Å²) < 4.78 is 4.99. The smallest absolute Gasteiger partial charge is 0.150 e. The van der Waals surface area contributed by atoms with E-state index in [-0.39, 0.29) is 6.23 Å². The van der Waals surface area contributed by atoms with E-state index in [2.05, 4.69) is 11.3 Å². The summed E-state index contributed by atoms with van der Waals surface area (Å²) in [6.45, 7) is 0. The van der Waals surface area contributed by atoms with Gasteiger partial charge in [0.2, 0.25) is 0 Å². The number of hydrogen-bond donors (Lipinski definition) is 0. The molecule has 3 heteroatoms. The third-order valence-corrected chi connectivity index (χ3v) is 1.18. The zero-order valence-electron chi connectivity index (χ0n) is 5.09. The largest absolute Gasteiger partial charge is 0.360 e. The lowest BCUT2D eigenvalue weighted by Gasteiger charge is -2.15. The zero-order valence-corrected chi connectivity index (χ0v) is 5.09. The van der Waals surface area contributed by atoms with Gasteiger partial charge in [-0.2, -0.15) is 5.10 Å². The van der Waals surface area contributed by atoms with Gasteiger partial charge in [-0.05, 0) is 0 Å². The van der Waals surface area contributed by atoms with Crippen LogP contribution in [0.1, 0.15) is 6.42 Å². The number of hydrazone groups is 1. The van der Waals surface area contributed by atoms with Crippen LogP contribution < -0.4 is 0 Å². The maximum absolute atomic E-state index is 4.99. The van der Waals surface area contributed by atoms with Crippen molar-refractivity contribution in [1.82, 2.24) is 5.01 Å². The summed E-state index contributed by atoms with van der Waals surface area (Å²) in [5, 5.41) is 5.60. The molecule has 0 fully saturated rings. The maximum Gasteiger partial charge on any atom is 0.150 e. The fourth-order valence-corrected chi connectivity index (χ4v) is 0.663. The van der Waals surface area contributed by atoms with Crippen molar-refractivity contribution >= 4 is 6.21 Å². The minimum atomic E-state index is 0.120. The van der Waals surface area contributed by atoms with Crippen molar-refractivity contribution < 1.29 is 4.74 Å². The summed E-state index contributed by atoms with van der Waals surface area (Å²) in [5.41, 5.74) is 0. The molecule has 1 aliphatic heterocycles. The number of methoxy groups -OCH3 is 1. The average Bonchev–Trinajstić information content (AvgIpc) is 2.14. The van der Waals surface area contributed by atoms with Crippen molar-refractivity contribution in [1.29, 1.82) is 0 Å². The highest BCUT2D eigenvalue weighted by atomic mass is 16.5. The molecule has 1 unspecified atom stereocenters. The van der Waals surface area contributed by atoms with Gasteiger partial charge in [0.05, 0.1) is 6.21 Å². The Kier molecular flexibility index (Phi) is 1.48. The first-order chi connectivity index (χ1) is 3.84. The van der Waals surface area contributed by atoms with Crippen molar-refractivity contribution in [2.24, 2.45) is 5.10 Å². The first-order valence-corrected chi connectivity index (χ1v) is 2.53. The van der Waals surface area contributed by atoms with Gasteiger partial charge in [0, 0.05) is 20.6 Å². The van der Waals surface area contributed by atoms with Gasteiger partial charge < -0.3 is 4.74 Å². The van der Waals surface area contributed by atoms with Crippen LogP contribution in [0.2, 0.25) is 0 Å². The number of ether oxygens (including phenoxy) is 1. The molecule has 0 aromatic rings. The number of nitrogens with zero attached hydrogens (tertiary/aromatic N) is 2. The molecule has 1 heterocycles. The monoisotopic (exact) mass is 113 g/mol. The van der Waals surface area contributed by atoms with Crippen molar-refractivity contribution in [3.05, 3.63) is 0 Å². The Morgan fingerprint density at radius 2 is 2.62 bits per heavy atom. The molecular weight excluding hydrogens is 104 g/mol. The van der Waals surface area contributed by atoms with E-state index in [1.165, 1.54) is 0 Å². The Balaban J connectivity index is 2.38. The summed E-state index contributed by atoms with van der Waals surface area (Å²) in [4.78, 5) is 0. The Hall–Kier alpha value is -0.570. The van der Waals surface area contributed by atoms with Crippen molar-refractivity contribution in [2.45, 2.75) is 12.6 Å². The Bertz CT molecular complexity index is 103. The Labute approximate surface area is 48.9 Å². The van der Waals surface area contributed by atoms with Crippen LogP contribution in [0, 0.1) is 0 Å². The lowest BCUT2D eigenvalue weighted by Crippen LogP contribution is -2.23. The van der Waals surface area contributed by atoms with E-state index >= 15 is 0 Å². The first-order valence-electron chi connectivity index (χ1n) is 2.53. The molecule has 1 aliphatic rings. The lowest BCUT2D eigenvalue weighted by molar-refractivity contribution is 0.00142. The second kappa shape index (κ2) is 2.13. The molecule has 1 rings (SSSR count). The van der Waals surface area contributed by atoms with Gasteiger partial charge in [0.15, 0.2) is 6.23 Å². The van der Waals surface area contributed by atoms with Crippen LogP contribution in [0.4, 0.5) is 0 Å². The minimum absolute atomic E-state index is 0.120. The first kappa shape index (κ1) is 5.56. The van der Waals surface area contributed by atoms with Gasteiger partial charge >= 0.3 is 0 Å². The molecule has 0 bridgehead atoms. The van der Waals surface area contributed by atoms with E-state index < -0.39 is 0 Å². The quantitative estimate of drug-likeness (QED) is 0.483. The van der Waals surface area contributed by atoms with Crippen LogP contribution in [-0.4, -0.2) is 31.6 Å². The topological polar surface area (TPSA) is 24.8 Å². The predicted octanol–water partition coefficient (Wildman–Crippen LogP) is 0.157. The van der Waals surface area contributed by atoms with E-state index in [1.807, 2.05) is 7.05 Å². The second-order valence-corrected chi connectivity index (χ2v) is 1.73. The molecular formula is C5H9N2O. The highest BCUT2D eigenvalue weighted by Crippen LogP contribution is 2.06. The molecule has 45 valence electrons. The van der Waals surface area contributed by atoms with Crippen molar-refractivity contribution in [3.63, 3.8) is 0 Å². The SMILES string of the molecule is COC1C[C]=NN1C. The molecule has 0 aromatic carbocycles. The van der Waals surface area contributed by atoms with Crippen LogP contribution in [0.3, 0.4) is 0 Å². The standard InChI is InChI=1S/C5H9N2O/c1-7-5(8-2)3-4-6-7/h5H,3H2,1-2H3. The number of hydrogen-bond acceptors (Lipinski definition) is 3. The molecule has 0 saturated carbocycles. The molecule has 0 saturated heterocycles. The van der Waals surface area contributed by atoms with Crippen LogP contribution in [0.5, 0.6) is 0 Å². The molecule has 0 aromatic heterocycles. The summed E-state index contributed by atoms with van der Waals surface area (Å²) in [6.07, 6.45) is 3.70. The van der Waals surface area contributed by atoms with Gasteiger partial charge in [0.25, 0.3) is 0 Å². The van der Waals surface area contributed by atoms with Crippen LogP contribution in [0.15, 0.2) is 5.10 Å². The summed E-state index contributed by atoms with van der Waals surface area (Å²) in [6, 6.07) is 0. The zero-order chi connectivity index (χ0) is 5.98. The van der Waals surface area contributed by atoms with Crippen LogP contribution in [0.25, 0.3) is 0 Å². The molecule has 0 amide bonds. The fraction of sp³-hybridized carbons (Fsp3) is 0.800. The van der Waals surface area contributed by atoms with E-state index in [4.69, 9.17) is 4.74 Å². The summed E-state index contributed by atoms with van der Waals surface area (Å²) >= 11 is 0. The van der Waals surface area contributed by atoms with Gasteiger partial charge in [-0.1, -0.05) is 0 Å². The van der Waals surface area contributed by atoms with Gasteiger partial charge in [-0.15, -0.1) is 0 Å². The normalized spacial score (nSPS) is 27.2. The molecule has 0 N–H and O–H groups in total. The van der Waals surface area contributed by atoms with E-state index in [0.717, 1.165) is 6.42 Å². The highest BCUT2D eigenvalue weighted by molar-refractivity contribution is 5.59. The molecule has 0 spiro atoms. The summed E-state index contributed by atoms with van der Waals surface area (Å²) in [5.74, 6) is 0. The lowest BCUT2D eigenvalue weighted by atomic mass is 10.4.